The molecule has 0 aromatic carbocycles. The predicted molar refractivity (Wildman–Crippen MR) is 66.6 cm³/mol. The second-order valence-corrected chi connectivity index (χ2v) is 5.55. The number of nitrogens with zero attached hydrogens (tertiary/aromatic N) is 2. The molecule has 1 aromatic heterocycles. The number of nitrogens with two attached hydrogens (primary N) is 1. The first-order valence-corrected chi connectivity index (χ1v) is 6.71. The lowest BCUT2D eigenvalue weighted by molar-refractivity contribution is 0.321. The molecule has 17 heavy (non-hydrogen) atoms. The molecule has 1 fully saturated rings. The highest BCUT2D eigenvalue weighted by atomic mass is 16.5. The maximum Gasteiger partial charge on any atom is 0.226 e. The van der Waals surface area contributed by atoms with Crippen LogP contribution in [0.25, 0.3) is 0 Å². The van der Waals surface area contributed by atoms with E-state index in [2.05, 4.69) is 24.0 Å². The maximum atomic E-state index is 5.59. The van der Waals surface area contributed by atoms with Crippen LogP contribution < -0.4 is 5.73 Å². The SMILES string of the molecule is CC1CCC(c2noc(CC(C)CN)n2)CC1. The molecule has 0 amide bonds. The van der Waals surface area contributed by atoms with Crippen LogP contribution in [0.4, 0.5) is 0 Å². The zero-order valence-corrected chi connectivity index (χ0v) is 10.9. The lowest BCUT2D eigenvalue weighted by Gasteiger charge is -2.23. The molecule has 0 bridgehead atoms. The van der Waals surface area contributed by atoms with E-state index in [4.69, 9.17) is 10.3 Å². The van der Waals surface area contributed by atoms with Gasteiger partial charge in [-0.2, -0.15) is 4.98 Å². The van der Waals surface area contributed by atoms with Gasteiger partial charge in [0.1, 0.15) is 0 Å². The lowest BCUT2D eigenvalue weighted by atomic mass is 9.83. The van der Waals surface area contributed by atoms with Crippen molar-refractivity contribution in [3.8, 4) is 0 Å². The monoisotopic (exact) mass is 237 g/mol. The summed E-state index contributed by atoms with van der Waals surface area (Å²) in [5, 5.41) is 4.13. The molecular weight excluding hydrogens is 214 g/mol. The summed E-state index contributed by atoms with van der Waals surface area (Å²) >= 11 is 0. The van der Waals surface area contributed by atoms with Gasteiger partial charge in [-0.3, -0.25) is 0 Å². The molecule has 1 saturated carbocycles. The smallest absolute Gasteiger partial charge is 0.226 e. The van der Waals surface area contributed by atoms with Gasteiger partial charge in [-0.05, 0) is 31.2 Å². The third-order valence-electron chi connectivity index (χ3n) is 3.79. The Hall–Kier alpha value is -0.900. The zero-order valence-electron chi connectivity index (χ0n) is 10.9. The molecule has 0 aliphatic heterocycles. The summed E-state index contributed by atoms with van der Waals surface area (Å²) in [7, 11) is 0. The predicted octanol–water partition coefficient (Wildman–Crippen LogP) is 2.50. The van der Waals surface area contributed by atoms with Crippen molar-refractivity contribution in [2.24, 2.45) is 17.6 Å². The largest absolute Gasteiger partial charge is 0.339 e. The molecule has 1 atom stereocenters. The average molecular weight is 237 g/mol. The average Bonchev–Trinajstić information content (AvgIpc) is 2.78. The molecule has 0 spiro atoms. The highest BCUT2D eigenvalue weighted by Crippen LogP contribution is 2.34. The minimum absolute atomic E-state index is 0.412. The van der Waals surface area contributed by atoms with Crippen molar-refractivity contribution in [2.45, 2.75) is 51.9 Å². The summed E-state index contributed by atoms with van der Waals surface area (Å²) in [6.45, 7) is 5.09. The van der Waals surface area contributed by atoms with E-state index in [9.17, 15) is 0 Å². The Morgan fingerprint density at radius 2 is 2.06 bits per heavy atom. The summed E-state index contributed by atoms with van der Waals surface area (Å²) in [6, 6.07) is 0. The van der Waals surface area contributed by atoms with Gasteiger partial charge < -0.3 is 10.3 Å². The van der Waals surface area contributed by atoms with Crippen molar-refractivity contribution in [1.29, 1.82) is 0 Å². The summed E-state index contributed by atoms with van der Waals surface area (Å²) in [5.41, 5.74) is 5.59. The molecule has 2 N–H and O–H groups in total. The van der Waals surface area contributed by atoms with E-state index in [1.807, 2.05) is 0 Å². The fourth-order valence-corrected chi connectivity index (χ4v) is 2.42. The van der Waals surface area contributed by atoms with E-state index >= 15 is 0 Å². The third kappa shape index (κ3) is 3.28. The normalized spacial score (nSPS) is 27.0. The van der Waals surface area contributed by atoms with Gasteiger partial charge in [0.25, 0.3) is 0 Å². The zero-order chi connectivity index (χ0) is 12.3. The van der Waals surface area contributed by atoms with Crippen molar-refractivity contribution in [1.82, 2.24) is 10.1 Å². The highest BCUT2D eigenvalue weighted by molar-refractivity contribution is 4.97. The number of aromatic nitrogens is 2. The molecule has 0 saturated heterocycles. The van der Waals surface area contributed by atoms with Crippen LogP contribution in [0, 0.1) is 11.8 Å². The molecule has 2 rings (SSSR count). The van der Waals surface area contributed by atoms with Crippen LogP contribution in [0.3, 0.4) is 0 Å². The van der Waals surface area contributed by atoms with Gasteiger partial charge in [0.2, 0.25) is 5.89 Å². The minimum atomic E-state index is 0.412. The molecular formula is C13H23N3O. The van der Waals surface area contributed by atoms with Crippen molar-refractivity contribution >= 4 is 0 Å². The fourth-order valence-electron chi connectivity index (χ4n) is 2.42. The Labute approximate surface area is 103 Å². The highest BCUT2D eigenvalue weighted by Gasteiger charge is 2.24. The van der Waals surface area contributed by atoms with Crippen LogP contribution in [0.15, 0.2) is 4.52 Å². The van der Waals surface area contributed by atoms with Gasteiger partial charge in [-0.25, -0.2) is 0 Å². The maximum absolute atomic E-state index is 5.59. The third-order valence-corrected chi connectivity index (χ3v) is 3.79. The van der Waals surface area contributed by atoms with Crippen LogP contribution in [0.2, 0.25) is 0 Å². The Morgan fingerprint density at radius 3 is 2.71 bits per heavy atom. The fraction of sp³-hybridized carbons (Fsp3) is 0.846. The molecule has 0 radical (unpaired) electrons. The van der Waals surface area contributed by atoms with Gasteiger partial charge >= 0.3 is 0 Å². The van der Waals surface area contributed by atoms with Crippen LogP contribution >= 0.6 is 0 Å². The standard InChI is InChI=1S/C13H23N3O/c1-9-3-5-11(6-4-9)13-15-12(17-16-13)7-10(2)8-14/h9-11H,3-8,14H2,1-2H3. The molecule has 1 unspecified atom stereocenters. The van der Waals surface area contributed by atoms with Gasteiger partial charge in [0.05, 0.1) is 0 Å². The summed E-state index contributed by atoms with van der Waals surface area (Å²) < 4.78 is 5.30. The number of rotatable bonds is 4. The van der Waals surface area contributed by atoms with Crippen LogP contribution in [0.1, 0.15) is 57.2 Å². The Morgan fingerprint density at radius 1 is 1.35 bits per heavy atom. The first-order chi connectivity index (χ1) is 8.19. The van der Waals surface area contributed by atoms with Crippen molar-refractivity contribution in [3.63, 3.8) is 0 Å². The van der Waals surface area contributed by atoms with Crippen LogP contribution in [0.5, 0.6) is 0 Å². The first-order valence-electron chi connectivity index (χ1n) is 6.71. The van der Waals surface area contributed by atoms with E-state index < -0.39 is 0 Å². The van der Waals surface area contributed by atoms with Gasteiger partial charge in [-0.1, -0.05) is 31.8 Å². The van der Waals surface area contributed by atoms with Crippen molar-refractivity contribution in [3.05, 3.63) is 11.7 Å². The molecule has 4 nitrogen and oxygen atoms in total. The molecule has 1 aliphatic rings. The molecule has 1 heterocycles. The molecule has 4 heteroatoms. The van der Waals surface area contributed by atoms with E-state index in [1.165, 1.54) is 25.7 Å². The number of hydrogen-bond donors (Lipinski definition) is 1. The van der Waals surface area contributed by atoms with Crippen molar-refractivity contribution < 1.29 is 4.52 Å². The second-order valence-electron chi connectivity index (χ2n) is 5.55. The summed E-state index contributed by atoms with van der Waals surface area (Å²) in [6.07, 6.45) is 5.77. The lowest BCUT2D eigenvalue weighted by Crippen LogP contribution is -2.14. The second kappa shape index (κ2) is 5.63. The van der Waals surface area contributed by atoms with Gasteiger partial charge in [0, 0.05) is 12.3 Å². The Bertz CT molecular complexity index is 342. The molecule has 96 valence electrons. The number of hydrogen-bond acceptors (Lipinski definition) is 4. The van der Waals surface area contributed by atoms with Crippen LogP contribution in [-0.4, -0.2) is 16.7 Å². The summed E-state index contributed by atoms with van der Waals surface area (Å²) in [5.74, 6) is 3.44. The topological polar surface area (TPSA) is 64.9 Å². The minimum Gasteiger partial charge on any atom is -0.339 e. The quantitative estimate of drug-likeness (QED) is 0.873. The molecule has 1 aliphatic carbocycles. The summed E-state index contributed by atoms with van der Waals surface area (Å²) in [4.78, 5) is 4.51. The molecule has 1 aromatic rings. The van der Waals surface area contributed by atoms with Crippen LogP contribution in [-0.2, 0) is 6.42 Å². The Balaban J connectivity index is 1.93. The van der Waals surface area contributed by atoms with Crippen molar-refractivity contribution in [2.75, 3.05) is 6.54 Å². The van der Waals surface area contributed by atoms with Gasteiger partial charge in [0.15, 0.2) is 5.82 Å². The van der Waals surface area contributed by atoms with Gasteiger partial charge in [-0.15, -0.1) is 0 Å². The Kier molecular flexibility index (Phi) is 4.15. The van der Waals surface area contributed by atoms with E-state index in [0.29, 0.717) is 18.4 Å². The van der Waals surface area contributed by atoms with E-state index in [1.54, 1.807) is 0 Å². The van der Waals surface area contributed by atoms with E-state index in [-0.39, 0.29) is 0 Å². The first kappa shape index (κ1) is 12.6. The van der Waals surface area contributed by atoms with E-state index in [0.717, 1.165) is 24.1 Å².